The van der Waals surface area contributed by atoms with Gasteiger partial charge in [0.1, 0.15) is 12.2 Å². The Morgan fingerprint density at radius 3 is 2.66 bits per heavy atom. The van der Waals surface area contributed by atoms with Crippen LogP contribution in [0.25, 0.3) is 11.0 Å². The van der Waals surface area contributed by atoms with E-state index in [9.17, 15) is 23.6 Å². The van der Waals surface area contributed by atoms with E-state index in [4.69, 9.17) is 9.84 Å². The van der Waals surface area contributed by atoms with Crippen molar-refractivity contribution in [3.63, 3.8) is 0 Å². The van der Waals surface area contributed by atoms with Gasteiger partial charge in [-0.05, 0) is 25.0 Å². The van der Waals surface area contributed by atoms with Gasteiger partial charge in [-0.2, -0.15) is 0 Å². The van der Waals surface area contributed by atoms with E-state index in [1.54, 1.807) is 13.1 Å². The minimum Gasteiger partial charge on any atom is -0.465 e. The van der Waals surface area contributed by atoms with Crippen LogP contribution in [0.4, 0.5) is 14.9 Å². The molecule has 3 amide bonds. The average Bonchev–Trinajstić information content (AvgIpc) is 3.04. The largest absolute Gasteiger partial charge is 0.465 e. The predicted octanol–water partition coefficient (Wildman–Crippen LogP) is 0.861. The lowest BCUT2D eigenvalue weighted by Gasteiger charge is -2.42. The number of hydrogen-bond acceptors (Lipinski definition) is 6. The van der Waals surface area contributed by atoms with E-state index >= 15 is 0 Å². The first kappa shape index (κ1) is 23.3. The smallest absolute Gasteiger partial charge is 0.407 e. The van der Waals surface area contributed by atoms with Gasteiger partial charge < -0.3 is 19.6 Å². The summed E-state index contributed by atoms with van der Waals surface area (Å²) in [6.07, 6.45) is -2.27. The molecule has 3 atom stereocenters. The van der Waals surface area contributed by atoms with Crippen molar-refractivity contribution in [3.8, 4) is 0 Å². The second-order valence-corrected chi connectivity index (χ2v) is 9.50. The van der Waals surface area contributed by atoms with Gasteiger partial charge in [0, 0.05) is 39.0 Å². The Kier molecular flexibility index (Phi) is 5.99. The highest BCUT2D eigenvalue weighted by atomic mass is 19.1. The number of carbonyl (C=O) groups excluding carboxylic acids is 2. The van der Waals surface area contributed by atoms with E-state index in [1.807, 2.05) is 12.1 Å². The van der Waals surface area contributed by atoms with Gasteiger partial charge in [0.2, 0.25) is 11.8 Å². The number of para-hydroxylation sites is 1. The highest BCUT2D eigenvalue weighted by molar-refractivity contribution is 6.00. The molecule has 11 nitrogen and oxygen atoms in total. The fourth-order valence-electron chi connectivity index (χ4n) is 5.28. The molecular weight excluding hydrogens is 461 g/mol. The van der Waals surface area contributed by atoms with Crippen LogP contribution in [0.3, 0.4) is 0 Å². The van der Waals surface area contributed by atoms with Crippen LogP contribution in [-0.4, -0.2) is 82.1 Å². The minimum absolute atomic E-state index is 0.170. The van der Waals surface area contributed by atoms with E-state index < -0.39 is 30.3 Å². The van der Waals surface area contributed by atoms with Crippen molar-refractivity contribution in [2.45, 2.75) is 37.6 Å². The van der Waals surface area contributed by atoms with Crippen LogP contribution >= 0.6 is 0 Å². The van der Waals surface area contributed by atoms with Gasteiger partial charge in [0.25, 0.3) is 0 Å². The molecule has 3 saturated heterocycles. The standard InChI is InChI=1S/C23H28FN5O6/c1-26-20-15(3-2-4-16(20)29(22(26)32)17-5-6-19(30)25-21(17)31)28-9-13(10-28)12-35-18-7-8-27(23(33)34)11-14(18)24/h2-4,13-14,17-18H,5-12H2,1H3,(H,33,34)(H,25,30,31)/t14-,17?,18-/m0/s1. The number of halogens is 1. The normalized spacial score (nSPS) is 25.6. The minimum atomic E-state index is -1.34. The molecule has 0 spiro atoms. The van der Waals surface area contributed by atoms with Crippen molar-refractivity contribution < 1.29 is 28.6 Å². The Bertz CT molecular complexity index is 1230. The number of nitrogens with one attached hydrogen (secondary N) is 1. The van der Waals surface area contributed by atoms with Gasteiger partial charge in [0.15, 0.2) is 0 Å². The van der Waals surface area contributed by atoms with Crippen LogP contribution in [0.15, 0.2) is 23.0 Å². The Morgan fingerprint density at radius 1 is 1.20 bits per heavy atom. The molecular formula is C23H28FN5O6. The fraction of sp³-hybridized carbons (Fsp3) is 0.565. The second-order valence-electron chi connectivity index (χ2n) is 9.50. The van der Waals surface area contributed by atoms with Crippen LogP contribution in [0.2, 0.25) is 0 Å². The van der Waals surface area contributed by atoms with Gasteiger partial charge in [0.05, 0.1) is 36.0 Å². The van der Waals surface area contributed by atoms with Crippen molar-refractivity contribution >= 4 is 34.6 Å². The fourth-order valence-corrected chi connectivity index (χ4v) is 5.28. The molecule has 35 heavy (non-hydrogen) atoms. The number of imidazole rings is 1. The molecule has 1 unspecified atom stereocenters. The lowest BCUT2D eigenvalue weighted by molar-refractivity contribution is -0.135. The molecule has 1 aromatic heterocycles. The monoisotopic (exact) mass is 489 g/mol. The molecule has 0 aliphatic carbocycles. The highest BCUT2D eigenvalue weighted by Gasteiger charge is 2.36. The van der Waals surface area contributed by atoms with Crippen LogP contribution in [-0.2, 0) is 21.4 Å². The molecule has 1 aromatic carbocycles. The van der Waals surface area contributed by atoms with Crippen LogP contribution in [0.5, 0.6) is 0 Å². The number of nitrogens with zero attached hydrogens (tertiary/aromatic N) is 4. The van der Waals surface area contributed by atoms with Crippen LogP contribution in [0, 0.1) is 5.92 Å². The number of aryl methyl sites for hydroxylation is 1. The Labute approximate surface area is 200 Å². The summed E-state index contributed by atoms with van der Waals surface area (Å²) in [6.45, 7) is 1.80. The summed E-state index contributed by atoms with van der Waals surface area (Å²) in [6, 6.07) is 4.83. The third kappa shape index (κ3) is 4.15. The molecule has 5 rings (SSSR count). The summed E-state index contributed by atoms with van der Waals surface area (Å²) < 4.78 is 23.1. The van der Waals surface area contributed by atoms with Gasteiger partial charge >= 0.3 is 11.8 Å². The molecule has 12 heteroatoms. The third-order valence-corrected chi connectivity index (χ3v) is 7.20. The number of ether oxygens (including phenoxy) is 1. The summed E-state index contributed by atoms with van der Waals surface area (Å²) in [4.78, 5) is 51.3. The lowest BCUT2D eigenvalue weighted by atomic mass is 9.99. The molecule has 0 bridgehead atoms. The molecule has 2 N–H and O–H groups in total. The van der Waals surface area contributed by atoms with Crippen molar-refractivity contribution in [1.82, 2.24) is 19.4 Å². The van der Waals surface area contributed by atoms with E-state index in [0.29, 0.717) is 37.2 Å². The van der Waals surface area contributed by atoms with Crippen molar-refractivity contribution in [1.29, 1.82) is 0 Å². The summed E-state index contributed by atoms with van der Waals surface area (Å²) in [5, 5.41) is 11.3. The Balaban J connectivity index is 1.27. The van der Waals surface area contributed by atoms with Crippen molar-refractivity contribution in [2.75, 3.05) is 37.7 Å². The number of hydrogen-bond donors (Lipinski definition) is 2. The van der Waals surface area contributed by atoms with Gasteiger partial charge in [-0.15, -0.1) is 0 Å². The Hall–Kier alpha value is -3.41. The first-order valence-electron chi connectivity index (χ1n) is 11.8. The molecule has 188 valence electrons. The lowest BCUT2D eigenvalue weighted by Crippen LogP contribution is -2.51. The first-order chi connectivity index (χ1) is 16.7. The Morgan fingerprint density at radius 2 is 1.97 bits per heavy atom. The molecule has 3 fully saturated rings. The number of rotatable bonds is 5. The SMILES string of the molecule is Cn1c(=O)n(C2CCC(=O)NC2=O)c2cccc(N3CC(CO[C@H]4CCN(C(=O)O)C[C@@H]4F)C3)c21. The number of anilines is 1. The van der Waals surface area contributed by atoms with Crippen molar-refractivity contribution in [3.05, 3.63) is 28.7 Å². The second kappa shape index (κ2) is 8.99. The maximum atomic E-state index is 14.3. The first-order valence-corrected chi connectivity index (χ1v) is 11.8. The quantitative estimate of drug-likeness (QED) is 0.597. The summed E-state index contributed by atoms with van der Waals surface area (Å²) >= 11 is 0. The zero-order valence-electron chi connectivity index (χ0n) is 19.4. The number of benzene rings is 1. The van der Waals surface area contributed by atoms with Crippen LogP contribution < -0.4 is 15.9 Å². The van der Waals surface area contributed by atoms with Gasteiger partial charge in [-0.1, -0.05) is 6.07 Å². The molecule has 0 saturated carbocycles. The summed E-state index contributed by atoms with van der Waals surface area (Å²) in [7, 11) is 1.67. The summed E-state index contributed by atoms with van der Waals surface area (Å²) in [5.41, 5.74) is 1.90. The topological polar surface area (TPSA) is 126 Å². The van der Waals surface area contributed by atoms with Gasteiger partial charge in [-0.25, -0.2) is 14.0 Å². The zero-order chi connectivity index (χ0) is 24.9. The van der Waals surface area contributed by atoms with E-state index in [2.05, 4.69) is 10.2 Å². The average molecular weight is 490 g/mol. The number of aromatic nitrogens is 2. The third-order valence-electron chi connectivity index (χ3n) is 7.20. The van der Waals surface area contributed by atoms with E-state index in [1.165, 1.54) is 9.13 Å². The number of fused-ring (bicyclic) bond motifs is 1. The molecule has 2 aromatic rings. The van der Waals surface area contributed by atoms with Crippen molar-refractivity contribution in [2.24, 2.45) is 13.0 Å². The number of piperidine rings is 2. The van der Waals surface area contributed by atoms with Gasteiger partial charge in [-0.3, -0.25) is 24.0 Å². The number of amides is 3. The maximum Gasteiger partial charge on any atom is 0.407 e. The number of carboxylic acid groups (broad SMARTS) is 1. The molecule has 0 radical (unpaired) electrons. The highest BCUT2D eigenvalue weighted by Crippen LogP contribution is 2.33. The number of imide groups is 1. The van der Waals surface area contributed by atoms with Crippen LogP contribution in [0.1, 0.15) is 25.3 Å². The number of alkyl halides is 1. The number of carbonyl (C=O) groups is 3. The summed E-state index contributed by atoms with van der Waals surface area (Å²) in [5.74, 6) is -0.618. The van der Waals surface area contributed by atoms with E-state index in [0.717, 1.165) is 10.6 Å². The maximum absolute atomic E-state index is 14.3. The molecule has 3 aliphatic heterocycles. The van der Waals surface area contributed by atoms with E-state index in [-0.39, 0.29) is 43.4 Å². The molecule has 4 heterocycles. The zero-order valence-corrected chi connectivity index (χ0v) is 19.4. The predicted molar refractivity (Wildman–Crippen MR) is 123 cm³/mol. The number of likely N-dealkylation sites (tertiary alicyclic amines) is 1. The molecule has 3 aliphatic rings.